The van der Waals surface area contributed by atoms with Gasteiger partial charge in [-0.05, 0) is 45.2 Å². The summed E-state index contributed by atoms with van der Waals surface area (Å²) < 4.78 is 5.17. The van der Waals surface area contributed by atoms with E-state index in [4.69, 9.17) is 9.73 Å². The number of likely N-dealkylation sites (tertiary alicyclic amines) is 2. The maximum absolute atomic E-state index is 11.8. The van der Waals surface area contributed by atoms with Gasteiger partial charge in [0.25, 0.3) is 0 Å². The van der Waals surface area contributed by atoms with E-state index >= 15 is 0 Å². The molecule has 7 nitrogen and oxygen atoms in total. The lowest BCUT2D eigenvalue weighted by Crippen LogP contribution is -2.45. The van der Waals surface area contributed by atoms with Gasteiger partial charge in [-0.2, -0.15) is 0 Å². The summed E-state index contributed by atoms with van der Waals surface area (Å²) in [6, 6.07) is 0.305. The summed E-state index contributed by atoms with van der Waals surface area (Å²) in [7, 11) is 1.76. The number of guanidine groups is 1. The third-order valence-corrected chi connectivity index (χ3v) is 5.35. The Morgan fingerprint density at radius 2 is 1.93 bits per heavy atom. The summed E-state index contributed by atoms with van der Waals surface area (Å²) in [5.41, 5.74) is 0. The Bertz CT molecular complexity index is 455. The van der Waals surface area contributed by atoms with Gasteiger partial charge in [0.2, 0.25) is 5.91 Å². The van der Waals surface area contributed by atoms with Crippen LogP contribution in [-0.4, -0.2) is 87.2 Å². The minimum absolute atomic E-state index is 0. The topological polar surface area (TPSA) is 69.2 Å². The number of nitrogens with zero attached hydrogens (tertiary/aromatic N) is 3. The molecule has 0 radical (unpaired) electrons. The molecule has 0 aromatic rings. The first-order valence-electron chi connectivity index (χ1n) is 10.2. The Labute approximate surface area is 181 Å². The van der Waals surface area contributed by atoms with Gasteiger partial charge in [0, 0.05) is 52.3 Å². The molecule has 2 N–H and O–H groups in total. The van der Waals surface area contributed by atoms with Gasteiger partial charge in [-0.1, -0.05) is 6.92 Å². The molecule has 2 rings (SSSR count). The van der Waals surface area contributed by atoms with Gasteiger partial charge in [-0.15, -0.1) is 24.0 Å². The largest absolute Gasteiger partial charge is 0.383 e. The second kappa shape index (κ2) is 13.5. The van der Waals surface area contributed by atoms with E-state index < -0.39 is 0 Å². The van der Waals surface area contributed by atoms with E-state index in [0.29, 0.717) is 18.4 Å². The van der Waals surface area contributed by atoms with Crippen LogP contribution in [0.5, 0.6) is 0 Å². The van der Waals surface area contributed by atoms with Crippen LogP contribution in [-0.2, 0) is 9.53 Å². The Morgan fingerprint density at radius 3 is 2.56 bits per heavy atom. The number of halogens is 1. The second-order valence-electron chi connectivity index (χ2n) is 7.32. The average molecular weight is 495 g/mol. The van der Waals surface area contributed by atoms with E-state index in [-0.39, 0.29) is 29.9 Å². The normalized spacial score (nSPS) is 21.8. The highest BCUT2D eigenvalue weighted by Gasteiger charge is 2.26. The molecule has 2 heterocycles. The first-order valence-corrected chi connectivity index (χ1v) is 10.2. The van der Waals surface area contributed by atoms with Crippen molar-refractivity contribution in [1.29, 1.82) is 0 Å². The molecule has 2 saturated heterocycles. The summed E-state index contributed by atoms with van der Waals surface area (Å²) in [4.78, 5) is 21.1. The fourth-order valence-corrected chi connectivity index (χ4v) is 3.67. The highest BCUT2D eigenvalue weighted by molar-refractivity contribution is 14.0. The first-order chi connectivity index (χ1) is 12.7. The number of hydrogen-bond acceptors (Lipinski definition) is 4. The van der Waals surface area contributed by atoms with Gasteiger partial charge in [0.05, 0.1) is 6.61 Å². The van der Waals surface area contributed by atoms with Crippen molar-refractivity contribution >= 4 is 35.8 Å². The van der Waals surface area contributed by atoms with Crippen molar-refractivity contribution in [2.75, 3.05) is 59.5 Å². The predicted octanol–water partition coefficient (Wildman–Crippen LogP) is 1.53. The third-order valence-electron chi connectivity index (χ3n) is 5.35. The molecule has 158 valence electrons. The van der Waals surface area contributed by atoms with Gasteiger partial charge >= 0.3 is 0 Å². The zero-order valence-electron chi connectivity index (χ0n) is 17.2. The molecular weight excluding hydrogens is 457 g/mol. The smallest absolute Gasteiger partial charge is 0.222 e. The Kier molecular flexibility index (Phi) is 12.3. The first kappa shape index (κ1) is 24.4. The Morgan fingerprint density at radius 1 is 1.19 bits per heavy atom. The van der Waals surface area contributed by atoms with Crippen LogP contribution in [0.1, 0.15) is 39.5 Å². The highest BCUT2D eigenvalue weighted by Crippen LogP contribution is 2.17. The standard InChI is InChI=1S/C19H37N5O2.HI/c1-4-18(25)24-11-8-17(15-24)22-19(20-5-2)21-14-16-6-9-23(10-7-16)12-13-26-3;/h16-17H,4-15H2,1-3H3,(H2,20,21,22);1H. The number of piperidine rings is 1. The Balaban J connectivity index is 0.00000364. The van der Waals surface area contributed by atoms with Crippen LogP contribution in [0.3, 0.4) is 0 Å². The monoisotopic (exact) mass is 495 g/mol. The van der Waals surface area contributed by atoms with Crippen molar-refractivity contribution in [2.45, 2.75) is 45.6 Å². The minimum atomic E-state index is 0. The van der Waals surface area contributed by atoms with Crippen LogP contribution in [0.2, 0.25) is 0 Å². The lowest BCUT2D eigenvalue weighted by molar-refractivity contribution is -0.129. The van der Waals surface area contributed by atoms with Crippen molar-refractivity contribution in [3.05, 3.63) is 0 Å². The van der Waals surface area contributed by atoms with E-state index in [1.807, 2.05) is 11.8 Å². The maximum Gasteiger partial charge on any atom is 0.222 e. The Hall–Kier alpha value is -0.610. The quantitative estimate of drug-likeness (QED) is 0.304. The van der Waals surface area contributed by atoms with Gasteiger partial charge < -0.3 is 25.2 Å². The van der Waals surface area contributed by atoms with Gasteiger partial charge in [0.1, 0.15) is 0 Å². The zero-order valence-corrected chi connectivity index (χ0v) is 19.5. The van der Waals surface area contributed by atoms with Gasteiger partial charge in [0.15, 0.2) is 5.96 Å². The number of carbonyl (C=O) groups excluding carboxylic acids is 1. The van der Waals surface area contributed by atoms with E-state index in [9.17, 15) is 4.79 Å². The number of rotatable bonds is 8. The molecule has 8 heteroatoms. The van der Waals surface area contributed by atoms with Crippen molar-refractivity contribution in [3.8, 4) is 0 Å². The number of amides is 1. The lowest BCUT2D eigenvalue weighted by atomic mass is 9.97. The van der Waals surface area contributed by atoms with Crippen molar-refractivity contribution < 1.29 is 9.53 Å². The molecule has 1 unspecified atom stereocenters. The van der Waals surface area contributed by atoms with E-state index in [0.717, 1.165) is 64.8 Å². The van der Waals surface area contributed by atoms with Gasteiger partial charge in [-0.3, -0.25) is 9.79 Å². The predicted molar refractivity (Wildman–Crippen MR) is 121 cm³/mol. The van der Waals surface area contributed by atoms with Crippen LogP contribution < -0.4 is 10.6 Å². The highest BCUT2D eigenvalue weighted by atomic mass is 127. The SMILES string of the molecule is CCNC(=NCC1CCN(CCOC)CC1)NC1CCN(C(=O)CC)C1.I. The molecular formula is C19H38IN5O2. The van der Waals surface area contributed by atoms with Crippen LogP contribution in [0.15, 0.2) is 4.99 Å². The summed E-state index contributed by atoms with van der Waals surface area (Å²) in [5, 5.41) is 6.87. The van der Waals surface area contributed by atoms with Crippen LogP contribution >= 0.6 is 24.0 Å². The van der Waals surface area contributed by atoms with Crippen LogP contribution in [0.4, 0.5) is 0 Å². The second-order valence-corrected chi connectivity index (χ2v) is 7.32. The van der Waals surface area contributed by atoms with Crippen molar-refractivity contribution in [1.82, 2.24) is 20.4 Å². The number of ether oxygens (including phenoxy) is 1. The van der Waals surface area contributed by atoms with E-state index in [2.05, 4.69) is 22.5 Å². The minimum Gasteiger partial charge on any atom is -0.383 e. The number of carbonyl (C=O) groups is 1. The molecule has 0 aromatic carbocycles. The van der Waals surface area contributed by atoms with Crippen molar-refractivity contribution in [2.24, 2.45) is 10.9 Å². The fourth-order valence-electron chi connectivity index (χ4n) is 3.67. The molecule has 2 aliphatic heterocycles. The molecule has 2 fully saturated rings. The summed E-state index contributed by atoms with van der Waals surface area (Å²) >= 11 is 0. The molecule has 27 heavy (non-hydrogen) atoms. The molecule has 0 aliphatic carbocycles. The maximum atomic E-state index is 11.8. The molecule has 0 spiro atoms. The van der Waals surface area contributed by atoms with E-state index in [1.54, 1.807) is 7.11 Å². The summed E-state index contributed by atoms with van der Waals surface area (Å²) in [6.45, 7) is 11.5. The van der Waals surface area contributed by atoms with Crippen LogP contribution in [0, 0.1) is 5.92 Å². The van der Waals surface area contributed by atoms with Crippen molar-refractivity contribution in [3.63, 3.8) is 0 Å². The lowest BCUT2D eigenvalue weighted by Gasteiger charge is -2.31. The van der Waals surface area contributed by atoms with E-state index in [1.165, 1.54) is 12.8 Å². The molecule has 1 atom stereocenters. The molecule has 2 aliphatic rings. The third kappa shape index (κ3) is 8.51. The summed E-state index contributed by atoms with van der Waals surface area (Å²) in [5.74, 6) is 1.80. The number of methoxy groups -OCH3 is 1. The molecule has 0 saturated carbocycles. The van der Waals surface area contributed by atoms with Crippen LogP contribution in [0.25, 0.3) is 0 Å². The molecule has 0 aromatic heterocycles. The fraction of sp³-hybridized carbons (Fsp3) is 0.895. The number of aliphatic imine (C=N–C) groups is 1. The molecule has 1 amide bonds. The summed E-state index contributed by atoms with van der Waals surface area (Å²) in [6.07, 6.45) is 3.99. The van der Waals surface area contributed by atoms with Gasteiger partial charge in [-0.25, -0.2) is 0 Å². The molecule has 0 bridgehead atoms. The number of hydrogen-bond donors (Lipinski definition) is 2. The average Bonchev–Trinajstić information content (AvgIpc) is 3.13. The zero-order chi connectivity index (χ0) is 18.8. The number of nitrogens with one attached hydrogen (secondary N) is 2.